The Morgan fingerprint density at radius 3 is 2.42 bits per heavy atom. The molecule has 1 N–H and O–H groups in total. The SMILES string of the molecule is CCC1(C(=O)N(C)c2ccc(F)cc2)CCNCC1. The fourth-order valence-corrected chi connectivity index (χ4v) is 2.76. The highest BCUT2D eigenvalue weighted by Gasteiger charge is 2.39. The summed E-state index contributed by atoms with van der Waals surface area (Å²) in [6.07, 6.45) is 2.58. The molecule has 0 aliphatic carbocycles. The van der Waals surface area contributed by atoms with E-state index in [9.17, 15) is 9.18 Å². The van der Waals surface area contributed by atoms with E-state index in [2.05, 4.69) is 12.2 Å². The van der Waals surface area contributed by atoms with Crippen LogP contribution < -0.4 is 10.2 Å². The Kier molecular flexibility index (Phi) is 4.20. The molecule has 0 spiro atoms. The Bertz CT molecular complexity index is 438. The van der Waals surface area contributed by atoms with E-state index in [1.54, 1.807) is 24.1 Å². The fraction of sp³-hybridized carbons (Fsp3) is 0.533. The van der Waals surface area contributed by atoms with E-state index >= 15 is 0 Å². The van der Waals surface area contributed by atoms with E-state index < -0.39 is 0 Å². The van der Waals surface area contributed by atoms with Gasteiger partial charge in [0.05, 0.1) is 5.41 Å². The average Bonchev–Trinajstić information content (AvgIpc) is 2.47. The summed E-state index contributed by atoms with van der Waals surface area (Å²) in [5, 5.41) is 3.29. The minimum Gasteiger partial charge on any atom is -0.317 e. The van der Waals surface area contributed by atoms with Crippen LogP contribution in [0.5, 0.6) is 0 Å². The molecule has 0 aromatic heterocycles. The predicted molar refractivity (Wildman–Crippen MR) is 74.6 cm³/mol. The van der Waals surface area contributed by atoms with Crippen molar-refractivity contribution in [2.75, 3.05) is 25.0 Å². The van der Waals surface area contributed by atoms with Crippen molar-refractivity contribution in [3.8, 4) is 0 Å². The maximum Gasteiger partial charge on any atom is 0.233 e. The molecule has 0 saturated carbocycles. The van der Waals surface area contributed by atoms with Gasteiger partial charge in [-0.3, -0.25) is 4.79 Å². The van der Waals surface area contributed by atoms with Gasteiger partial charge in [0.15, 0.2) is 0 Å². The molecule has 3 nitrogen and oxygen atoms in total. The summed E-state index contributed by atoms with van der Waals surface area (Å²) in [6.45, 7) is 3.84. The van der Waals surface area contributed by atoms with E-state index in [1.807, 2.05) is 0 Å². The summed E-state index contributed by atoms with van der Waals surface area (Å²) in [4.78, 5) is 14.4. The lowest BCUT2D eigenvalue weighted by Crippen LogP contribution is -2.48. The monoisotopic (exact) mass is 264 g/mol. The van der Waals surface area contributed by atoms with Gasteiger partial charge < -0.3 is 10.2 Å². The zero-order chi connectivity index (χ0) is 13.9. The highest BCUT2D eigenvalue weighted by Crippen LogP contribution is 2.35. The first-order valence-electron chi connectivity index (χ1n) is 6.83. The predicted octanol–water partition coefficient (Wildman–Crippen LogP) is 2.57. The van der Waals surface area contributed by atoms with Gasteiger partial charge in [-0.2, -0.15) is 0 Å². The lowest BCUT2D eigenvalue weighted by Gasteiger charge is -2.38. The van der Waals surface area contributed by atoms with Crippen molar-refractivity contribution in [3.63, 3.8) is 0 Å². The molecule has 1 amide bonds. The maximum atomic E-state index is 12.9. The molecular weight excluding hydrogens is 243 g/mol. The average molecular weight is 264 g/mol. The van der Waals surface area contributed by atoms with Crippen molar-refractivity contribution in [3.05, 3.63) is 30.1 Å². The van der Waals surface area contributed by atoms with Crippen LogP contribution in [0.15, 0.2) is 24.3 Å². The third kappa shape index (κ3) is 2.78. The van der Waals surface area contributed by atoms with Crippen molar-refractivity contribution >= 4 is 11.6 Å². The topological polar surface area (TPSA) is 32.3 Å². The zero-order valence-corrected chi connectivity index (χ0v) is 11.6. The molecule has 1 heterocycles. The molecule has 1 aromatic rings. The molecule has 4 heteroatoms. The van der Waals surface area contributed by atoms with Crippen LogP contribution in [0, 0.1) is 11.2 Å². The van der Waals surface area contributed by atoms with Crippen LogP contribution in [-0.2, 0) is 4.79 Å². The van der Waals surface area contributed by atoms with Crippen molar-refractivity contribution in [2.24, 2.45) is 5.41 Å². The van der Waals surface area contributed by atoms with Crippen molar-refractivity contribution < 1.29 is 9.18 Å². The number of halogens is 1. The van der Waals surface area contributed by atoms with Gasteiger partial charge in [-0.15, -0.1) is 0 Å². The molecule has 1 fully saturated rings. The minimum absolute atomic E-state index is 0.142. The van der Waals surface area contributed by atoms with Gasteiger partial charge in [0.25, 0.3) is 0 Å². The minimum atomic E-state index is -0.281. The standard InChI is InChI=1S/C15H21FN2O/c1-3-15(8-10-17-11-9-15)14(19)18(2)13-6-4-12(16)5-7-13/h4-7,17H,3,8-11H2,1-2H3. The third-order valence-electron chi connectivity index (χ3n) is 4.21. The molecular formula is C15H21FN2O. The van der Waals surface area contributed by atoms with Crippen molar-refractivity contribution in [1.29, 1.82) is 0 Å². The second-order valence-corrected chi connectivity index (χ2v) is 5.22. The Balaban J connectivity index is 2.19. The largest absolute Gasteiger partial charge is 0.317 e. The van der Waals surface area contributed by atoms with Crippen LogP contribution in [0.1, 0.15) is 26.2 Å². The fourth-order valence-electron chi connectivity index (χ4n) is 2.76. The molecule has 0 unspecified atom stereocenters. The van der Waals surface area contributed by atoms with Gasteiger partial charge >= 0.3 is 0 Å². The van der Waals surface area contributed by atoms with Crippen LogP contribution in [0.25, 0.3) is 0 Å². The van der Waals surface area contributed by atoms with E-state index in [0.717, 1.165) is 38.0 Å². The van der Waals surface area contributed by atoms with Crippen molar-refractivity contribution in [1.82, 2.24) is 5.32 Å². The van der Waals surface area contributed by atoms with Gasteiger partial charge in [-0.1, -0.05) is 6.92 Å². The highest BCUT2D eigenvalue weighted by molar-refractivity contribution is 5.97. The second kappa shape index (κ2) is 5.70. The van der Waals surface area contributed by atoms with Crippen LogP contribution in [0.2, 0.25) is 0 Å². The van der Waals surface area contributed by atoms with E-state index in [1.165, 1.54) is 12.1 Å². The number of hydrogen-bond acceptors (Lipinski definition) is 2. The number of nitrogens with one attached hydrogen (secondary N) is 1. The van der Waals surface area contributed by atoms with E-state index in [4.69, 9.17) is 0 Å². The zero-order valence-electron chi connectivity index (χ0n) is 11.6. The summed E-state index contributed by atoms with van der Waals surface area (Å²) in [5.41, 5.74) is 0.478. The van der Waals surface area contributed by atoms with Gasteiger partial charge in [-0.25, -0.2) is 4.39 Å². The Morgan fingerprint density at radius 2 is 1.89 bits per heavy atom. The highest BCUT2D eigenvalue weighted by atomic mass is 19.1. The molecule has 1 aliphatic heterocycles. The normalized spacial score (nSPS) is 18.1. The van der Waals surface area contributed by atoms with Crippen LogP contribution in [0.3, 0.4) is 0 Å². The lowest BCUT2D eigenvalue weighted by molar-refractivity contribution is -0.129. The van der Waals surface area contributed by atoms with Gasteiger partial charge in [0, 0.05) is 12.7 Å². The molecule has 0 atom stereocenters. The first-order chi connectivity index (χ1) is 9.09. The Hall–Kier alpha value is -1.42. The number of hydrogen-bond donors (Lipinski definition) is 1. The summed E-state index contributed by atoms with van der Waals surface area (Å²) in [6, 6.07) is 6.08. The van der Waals surface area contributed by atoms with Crippen LogP contribution >= 0.6 is 0 Å². The number of amides is 1. The first kappa shape index (κ1) is 14.0. The lowest BCUT2D eigenvalue weighted by atomic mass is 9.75. The second-order valence-electron chi connectivity index (χ2n) is 5.22. The molecule has 19 heavy (non-hydrogen) atoms. The third-order valence-corrected chi connectivity index (χ3v) is 4.21. The number of carbonyl (C=O) groups is 1. The summed E-state index contributed by atoms with van der Waals surface area (Å²) < 4.78 is 12.9. The summed E-state index contributed by atoms with van der Waals surface area (Å²) >= 11 is 0. The smallest absolute Gasteiger partial charge is 0.233 e. The first-order valence-corrected chi connectivity index (χ1v) is 6.83. The number of piperidine rings is 1. The molecule has 1 aliphatic rings. The summed E-state index contributed by atoms with van der Waals surface area (Å²) in [7, 11) is 1.77. The Labute approximate surface area is 113 Å². The number of anilines is 1. The van der Waals surface area contributed by atoms with Crippen molar-refractivity contribution in [2.45, 2.75) is 26.2 Å². The molecule has 1 aromatic carbocycles. The quantitative estimate of drug-likeness (QED) is 0.910. The molecule has 2 rings (SSSR count). The van der Waals surface area contributed by atoms with E-state index in [-0.39, 0.29) is 17.1 Å². The molecule has 104 valence electrons. The number of nitrogens with zero attached hydrogens (tertiary/aromatic N) is 1. The van der Waals surface area contributed by atoms with Gasteiger partial charge in [0.1, 0.15) is 5.82 Å². The Morgan fingerprint density at radius 1 is 1.32 bits per heavy atom. The van der Waals surface area contributed by atoms with Crippen LogP contribution in [-0.4, -0.2) is 26.0 Å². The van der Waals surface area contributed by atoms with Gasteiger partial charge in [-0.05, 0) is 56.6 Å². The number of benzene rings is 1. The molecule has 0 radical (unpaired) electrons. The number of carbonyl (C=O) groups excluding carboxylic acids is 1. The molecule has 0 bridgehead atoms. The summed E-state index contributed by atoms with van der Waals surface area (Å²) in [5.74, 6) is -0.139. The van der Waals surface area contributed by atoms with Gasteiger partial charge in [0.2, 0.25) is 5.91 Å². The maximum absolute atomic E-state index is 12.9. The molecule has 1 saturated heterocycles. The van der Waals surface area contributed by atoms with Crippen LogP contribution in [0.4, 0.5) is 10.1 Å². The van der Waals surface area contributed by atoms with E-state index in [0.29, 0.717) is 0 Å². The number of rotatable bonds is 3.